The monoisotopic (exact) mass is 272 g/mol. The van der Waals surface area contributed by atoms with E-state index in [9.17, 15) is 14.4 Å². The van der Waals surface area contributed by atoms with Crippen molar-refractivity contribution in [3.05, 3.63) is 0 Å². The number of nitrogens with two attached hydrogens (primary N) is 1. The maximum Gasteiger partial charge on any atom is 0.303 e. The Labute approximate surface area is 113 Å². The predicted octanol–water partition coefficient (Wildman–Crippen LogP) is 1.18. The Balaban J connectivity index is 3.43. The SMILES string of the molecule is C[C@H](CC(N)=O)NC(=O)CCCCCCCC(=O)O. The second-order valence-corrected chi connectivity index (χ2v) is 4.80. The van der Waals surface area contributed by atoms with Crippen LogP contribution in [0.2, 0.25) is 0 Å². The number of carboxylic acid groups (broad SMARTS) is 1. The van der Waals surface area contributed by atoms with Crippen molar-refractivity contribution >= 4 is 17.8 Å². The van der Waals surface area contributed by atoms with E-state index in [1.807, 2.05) is 0 Å². The minimum Gasteiger partial charge on any atom is -0.481 e. The molecule has 0 aliphatic carbocycles. The number of carbonyl (C=O) groups is 3. The minimum absolute atomic E-state index is 0.0701. The molecule has 4 N–H and O–H groups in total. The highest BCUT2D eigenvalue weighted by Crippen LogP contribution is 2.07. The van der Waals surface area contributed by atoms with Gasteiger partial charge in [-0.2, -0.15) is 0 Å². The van der Waals surface area contributed by atoms with Gasteiger partial charge in [-0.1, -0.05) is 19.3 Å². The Morgan fingerprint density at radius 1 is 1.05 bits per heavy atom. The molecule has 0 rings (SSSR count). The zero-order chi connectivity index (χ0) is 14.7. The normalized spacial score (nSPS) is 11.8. The van der Waals surface area contributed by atoms with Crippen LogP contribution in [-0.2, 0) is 14.4 Å². The first-order valence-electron chi connectivity index (χ1n) is 6.71. The van der Waals surface area contributed by atoms with Gasteiger partial charge in [-0.15, -0.1) is 0 Å². The van der Waals surface area contributed by atoms with E-state index in [-0.39, 0.29) is 24.8 Å². The standard InChI is InChI=1S/C13H24N2O4/c1-10(9-11(14)16)15-12(17)7-5-3-2-4-6-8-13(18)19/h10H,2-9H2,1H3,(H2,14,16)(H,15,17)(H,18,19)/t10-/m1/s1. The molecule has 0 bridgehead atoms. The Bertz CT molecular complexity index is 305. The quantitative estimate of drug-likeness (QED) is 0.490. The Hall–Kier alpha value is -1.59. The van der Waals surface area contributed by atoms with Gasteiger partial charge in [-0.3, -0.25) is 14.4 Å². The van der Waals surface area contributed by atoms with Crippen molar-refractivity contribution < 1.29 is 19.5 Å². The average Bonchev–Trinajstić information content (AvgIpc) is 2.25. The van der Waals surface area contributed by atoms with Crippen molar-refractivity contribution in [1.82, 2.24) is 5.32 Å². The Morgan fingerprint density at radius 3 is 2.11 bits per heavy atom. The molecule has 0 aliphatic rings. The number of rotatable bonds is 11. The molecule has 1 atom stereocenters. The molecule has 6 heteroatoms. The van der Waals surface area contributed by atoms with Gasteiger partial charge in [0.1, 0.15) is 0 Å². The summed E-state index contributed by atoms with van der Waals surface area (Å²) in [5.74, 6) is -1.26. The summed E-state index contributed by atoms with van der Waals surface area (Å²) in [4.78, 5) is 32.4. The second kappa shape index (κ2) is 10.3. The predicted molar refractivity (Wildman–Crippen MR) is 71.4 cm³/mol. The second-order valence-electron chi connectivity index (χ2n) is 4.80. The van der Waals surface area contributed by atoms with Crippen molar-refractivity contribution in [2.45, 2.75) is 64.3 Å². The number of primary amides is 1. The lowest BCUT2D eigenvalue weighted by molar-refractivity contribution is -0.137. The highest BCUT2D eigenvalue weighted by atomic mass is 16.4. The molecule has 0 aliphatic heterocycles. The van der Waals surface area contributed by atoms with Crippen LogP contribution in [0.25, 0.3) is 0 Å². The fourth-order valence-corrected chi connectivity index (χ4v) is 1.79. The zero-order valence-corrected chi connectivity index (χ0v) is 11.5. The lowest BCUT2D eigenvalue weighted by atomic mass is 10.1. The smallest absolute Gasteiger partial charge is 0.303 e. The lowest BCUT2D eigenvalue weighted by Gasteiger charge is -2.11. The molecular weight excluding hydrogens is 248 g/mol. The van der Waals surface area contributed by atoms with E-state index in [1.54, 1.807) is 6.92 Å². The van der Waals surface area contributed by atoms with Crippen LogP contribution in [0.15, 0.2) is 0 Å². The Morgan fingerprint density at radius 2 is 1.58 bits per heavy atom. The van der Waals surface area contributed by atoms with Crippen molar-refractivity contribution in [1.29, 1.82) is 0 Å². The number of carboxylic acids is 1. The maximum absolute atomic E-state index is 11.5. The summed E-state index contributed by atoms with van der Waals surface area (Å²) in [6, 6.07) is -0.222. The summed E-state index contributed by atoms with van der Waals surface area (Å²) in [7, 11) is 0. The van der Waals surface area contributed by atoms with Gasteiger partial charge in [0.05, 0.1) is 0 Å². The number of aliphatic carboxylic acids is 1. The van der Waals surface area contributed by atoms with E-state index in [2.05, 4.69) is 5.32 Å². The molecule has 0 radical (unpaired) electrons. The first-order chi connectivity index (χ1) is 8.91. The van der Waals surface area contributed by atoms with Crippen molar-refractivity contribution in [2.24, 2.45) is 5.73 Å². The number of hydrogen-bond acceptors (Lipinski definition) is 3. The molecule has 0 saturated heterocycles. The fourth-order valence-electron chi connectivity index (χ4n) is 1.79. The van der Waals surface area contributed by atoms with Crippen LogP contribution in [0.4, 0.5) is 0 Å². The highest BCUT2D eigenvalue weighted by Gasteiger charge is 2.09. The Kier molecular flexibility index (Phi) is 9.48. The molecule has 19 heavy (non-hydrogen) atoms. The van der Waals surface area contributed by atoms with E-state index in [0.29, 0.717) is 12.8 Å². The molecule has 110 valence electrons. The molecule has 2 amide bonds. The van der Waals surface area contributed by atoms with Crippen LogP contribution in [0.5, 0.6) is 0 Å². The van der Waals surface area contributed by atoms with E-state index < -0.39 is 11.9 Å². The number of carbonyl (C=O) groups excluding carboxylic acids is 2. The summed E-state index contributed by atoms with van der Waals surface area (Å²) in [5.41, 5.74) is 5.03. The van der Waals surface area contributed by atoms with E-state index in [1.165, 1.54) is 0 Å². The third-order valence-electron chi connectivity index (χ3n) is 2.71. The molecule has 0 saturated carbocycles. The van der Waals surface area contributed by atoms with Crippen LogP contribution >= 0.6 is 0 Å². The average molecular weight is 272 g/mol. The van der Waals surface area contributed by atoms with Gasteiger partial charge in [-0.25, -0.2) is 0 Å². The fraction of sp³-hybridized carbons (Fsp3) is 0.769. The van der Waals surface area contributed by atoms with Crippen molar-refractivity contribution in [3.8, 4) is 0 Å². The van der Waals surface area contributed by atoms with Crippen molar-refractivity contribution in [2.75, 3.05) is 0 Å². The van der Waals surface area contributed by atoms with Gasteiger partial charge in [0, 0.05) is 25.3 Å². The lowest BCUT2D eigenvalue weighted by Crippen LogP contribution is -2.35. The topological polar surface area (TPSA) is 109 Å². The van der Waals surface area contributed by atoms with Crippen LogP contribution in [0.3, 0.4) is 0 Å². The summed E-state index contributed by atoms with van der Waals surface area (Å²) < 4.78 is 0. The van der Waals surface area contributed by atoms with Crippen molar-refractivity contribution in [3.63, 3.8) is 0 Å². The van der Waals surface area contributed by atoms with Gasteiger partial charge in [0.15, 0.2) is 0 Å². The number of nitrogens with one attached hydrogen (secondary N) is 1. The zero-order valence-electron chi connectivity index (χ0n) is 11.5. The summed E-state index contributed by atoms with van der Waals surface area (Å²) in [6.07, 6.45) is 5.01. The van der Waals surface area contributed by atoms with Gasteiger partial charge >= 0.3 is 5.97 Å². The first-order valence-corrected chi connectivity index (χ1v) is 6.71. The largest absolute Gasteiger partial charge is 0.481 e. The molecule has 0 aromatic rings. The van der Waals surface area contributed by atoms with Gasteiger partial charge in [-0.05, 0) is 19.8 Å². The molecule has 0 heterocycles. The highest BCUT2D eigenvalue weighted by molar-refractivity contribution is 5.78. The van der Waals surface area contributed by atoms with E-state index >= 15 is 0 Å². The van der Waals surface area contributed by atoms with E-state index in [4.69, 9.17) is 10.8 Å². The summed E-state index contributed by atoms with van der Waals surface area (Å²) >= 11 is 0. The van der Waals surface area contributed by atoms with Gasteiger partial charge in [0.25, 0.3) is 0 Å². The number of unbranched alkanes of at least 4 members (excludes halogenated alkanes) is 4. The van der Waals surface area contributed by atoms with Crippen LogP contribution in [0, 0.1) is 0 Å². The molecular formula is C13H24N2O4. The summed E-state index contributed by atoms with van der Waals surface area (Å²) in [5, 5.41) is 11.2. The molecule has 0 fully saturated rings. The maximum atomic E-state index is 11.5. The molecule has 0 aromatic heterocycles. The van der Waals surface area contributed by atoms with Gasteiger partial charge in [0.2, 0.25) is 11.8 Å². The van der Waals surface area contributed by atoms with Crippen LogP contribution in [-0.4, -0.2) is 28.9 Å². The van der Waals surface area contributed by atoms with Gasteiger partial charge < -0.3 is 16.2 Å². The number of hydrogen-bond donors (Lipinski definition) is 3. The van der Waals surface area contributed by atoms with Crippen LogP contribution < -0.4 is 11.1 Å². The minimum atomic E-state index is -0.761. The third-order valence-corrected chi connectivity index (χ3v) is 2.71. The first kappa shape index (κ1) is 17.4. The number of amides is 2. The molecule has 0 unspecified atom stereocenters. The third kappa shape index (κ3) is 12.7. The van der Waals surface area contributed by atoms with Crippen LogP contribution in [0.1, 0.15) is 58.3 Å². The molecule has 0 spiro atoms. The summed E-state index contributed by atoms with van der Waals surface area (Å²) in [6.45, 7) is 1.74. The van der Waals surface area contributed by atoms with E-state index in [0.717, 1.165) is 25.7 Å². The molecule has 0 aromatic carbocycles. The molecule has 6 nitrogen and oxygen atoms in total.